The SMILES string of the molecule is Cc1nccc(CNCc2cccc(Br)c2O)n1. The molecule has 0 saturated heterocycles. The lowest BCUT2D eigenvalue weighted by molar-refractivity contribution is 0.461. The van der Waals surface area contributed by atoms with Gasteiger partial charge < -0.3 is 10.4 Å². The van der Waals surface area contributed by atoms with Crippen LogP contribution in [-0.4, -0.2) is 15.1 Å². The average molecular weight is 308 g/mol. The van der Waals surface area contributed by atoms with Crippen LogP contribution in [0.15, 0.2) is 34.9 Å². The molecule has 0 atom stereocenters. The van der Waals surface area contributed by atoms with E-state index in [2.05, 4.69) is 31.2 Å². The number of hydrogen-bond donors (Lipinski definition) is 2. The number of benzene rings is 1. The minimum absolute atomic E-state index is 0.281. The summed E-state index contributed by atoms with van der Waals surface area (Å²) >= 11 is 3.29. The van der Waals surface area contributed by atoms with Crippen LogP contribution in [0.5, 0.6) is 5.75 Å². The zero-order valence-corrected chi connectivity index (χ0v) is 11.6. The maximum Gasteiger partial charge on any atom is 0.134 e. The molecule has 0 aliphatic rings. The number of phenols is 1. The normalized spacial score (nSPS) is 10.6. The molecule has 2 aromatic rings. The predicted molar refractivity (Wildman–Crippen MR) is 73.1 cm³/mol. The summed E-state index contributed by atoms with van der Waals surface area (Å²) < 4.78 is 0.708. The largest absolute Gasteiger partial charge is 0.506 e. The van der Waals surface area contributed by atoms with Crippen molar-refractivity contribution >= 4 is 15.9 Å². The topological polar surface area (TPSA) is 58.0 Å². The van der Waals surface area contributed by atoms with Crippen molar-refractivity contribution in [2.45, 2.75) is 20.0 Å². The summed E-state index contributed by atoms with van der Waals surface area (Å²) in [5, 5.41) is 13.1. The van der Waals surface area contributed by atoms with E-state index in [0.29, 0.717) is 17.6 Å². The van der Waals surface area contributed by atoms with E-state index in [9.17, 15) is 5.11 Å². The Labute approximate surface area is 114 Å². The van der Waals surface area contributed by atoms with E-state index in [-0.39, 0.29) is 5.75 Å². The standard InChI is InChI=1S/C13H14BrN3O/c1-9-16-6-5-11(17-9)8-15-7-10-3-2-4-12(14)13(10)18/h2-6,15,18H,7-8H2,1H3. The number of aromatic nitrogens is 2. The van der Waals surface area contributed by atoms with Crippen LogP contribution in [0.25, 0.3) is 0 Å². The van der Waals surface area contributed by atoms with E-state index < -0.39 is 0 Å². The number of hydrogen-bond acceptors (Lipinski definition) is 4. The molecule has 0 fully saturated rings. The molecule has 2 rings (SSSR count). The second-order valence-electron chi connectivity index (χ2n) is 3.95. The Balaban J connectivity index is 1.94. The summed E-state index contributed by atoms with van der Waals surface area (Å²) in [6, 6.07) is 7.47. The lowest BCUT2D eigenvalue weighted by Gasteiger charge is -2.07. The van der Waals surface area contributed by atoms with Gasteiger partial charge >= 0.3 is 0 Å². The Bertz CT molecular complexity index is 546. The monoisotopic (exact) mass is 307 g/mol. The molecule has 0 radical (unpaired) electrons. The van der Waals surface area contributed by atoms with E-state index in [4.69, 9.17) is 0 Å². The highest BCUT2D eigenvalue weighted by atomic mass is 79.9. The molecule has 0 spiro atoms. The highest BCUT2D eigenvalue weighted by Crippen LogP contribution is 2.27. The van der Waals surface area contributed by atoms with E-state index in [1.54, 1.807) is 6.20 Å². The molecule has 5 heteroatoms. The summed E-state index contributed by atoms with van der Waals surface area (Å²) in [6.07, 6.45) is 1.75. The van der Waals surface area contributed by atoms with Crippen molar-refractivity contribution in [1.29, 1.82) is 0 Å². The Morgan fingerprint density at radius 3 is 2.89 bits per heavy atom. The van der Waals surface area contributed by atoms with Crippen LogP contribution in [0.2, 0.25) is 0 Å². The zero-order chi connectivity index (χ0) is 13.0. The molecule has 94 valence electrons. The second-order valence-corrected chi connectivity index (χ2v) is 4.80. The van der Waals surface area contributed by atoms with E-state index in [1.807, 2.05) is 31.2 Å². The summed E-state index contributed by atoms with van der Waals surface area (Å²) in [5.41, 5.74) is 1.80. The van der Waals surface area contributed by atoms with Crippen LogP contribution < -0.4 is 5.32 Å². The molecule has 18 heavy (non-hydrogen) atoms. The van der Waals surface area contributed by atoms with E-state index in [1.165, 1.54) is 0 Å². The summed E-state index contributed by atoms with van der Waals surface area (Å²) in [7, 11) is 0. The van der Waals surface area contributed by atoms with Crippen molar-refractivity contribution in [3.05, 3.63) is 52.0 Å². The molecule has 0 unspecified atom stereocenters. The van der Waals surface area contributed by atoms with Gasteiger partial charge in [-0.1, -0.05) is 12.1 Å². The van der Waals surface area contributed by atoms with Crippen LogP contribution in [0, 0.1) is 6.92 Å². The number of aryl methyl sites for hydroxylation is 1. The maximum absolute atomic E-state index is 9.83. The smallest absolute Gasteiger partial charge is 0.134 e. The predicted octanol–water partition coefficient (Wildman–Crippen LogP) is 2.54. The first-order chi connectivity index (χ1) is 8.66. The fraction of sp³-hybridized carbons (Fsp3) is 0.231. The van der Waals surface area contributed by atoms with Crippen molar-refractivity contribution in [2.75, 3.05) is 0 Å². The fourth-order valence-electron chi connectivity index (χ4n) is 1.63. The second kappa shape index (κ2) is 5.93. The van der Waals surface area contributed by atoms with E-state index in [0.717, 1.165) is 17.1 Å². The number of nitrogens with zero attached hydrogens (tertiary/aromatic N) is 2. The first-order valence-electron chi connectivity index (χ1n) is 5.62. The lowest BCUT2D eigenvalue weighted by Crippen LogP contribution is -2.14. The summed E-state index contributed by atoms with van der Waals surface area (Å²) in [4.78, 5) is 8.35. The van der Waals surface area contributed by atoms with Gasteiger partial charge in [0.1, 0.15) is 11.6 Å². The van der Waals surface area contributed by atoms with Gasteiger partial charge in [-0.15, -0.1) is 0 Å². The van der Waals surface area contributed by atoms with Gasteiger partial charge in [0.05, 0.1) is 10.2 Å². The molecule has 0 amide bonds. The zero-order valence-electron chi connectivity index (χ0n) is 10.0. The molecule has 1 aromatic carbocycles. The van der Waals surface area contributed by atoms with Crippen LogP contribution in [0.4, 0.5) is 0 Å². The molecular formula is C13H14BrN3O. The van der Waals surface area contributed by atoms with Crippen LogP contribution >= 0.6 is 15.9 Å². The number of aromatic hydroxyl groups is 1. The molecular weight excluding hydrogens is 294 g/mol. The van der Waals surface area contributed by atoms with Gasteiger partial charge in [-0.05, 0) is 35.0 Å². The maximum atomic E-state index is 9.83. The molecule has 0 bridgehead atoms. The Morgan fingerprint density at radius 1 is 1.28 bits per heavy atom. The molecule has 0 aliphatic heterocycles. The molecule has 0 saturated carbocycles. The quantitative estimate of drug-likeness (QED) is 0.911. The summed E-state index contributed by atoms with van der Waals surface area (Å²) in [5.74, 6) is 1.04. The molecule has 2 N–H and O–H groups in total. The van der Waals surface area contributed by atoms with Crippen LogP contribution in [-0.2, 0) is 13.1 Å². The highest BCUT2D eigenvalue weighted by molar-refractivity contribution is 9.10. The highest BCUT2D eigenvalue weighted by Gasteiger charge is 2.04. The minimum Gasteiger partial charge on any atom is -0.506 e. The molecule has 1 aromatic heterocycles. The number of rotatable bonds is 4. The van der Waals surface area contributed by atoms with Crippen LogP contribution in [0.1, 0.15) is 17.1 Å². The number of halogens is 1. The van der Waals surface area contributed by atoms with Crippen molar-refractivity contribution in [2.24, 2.45) is 0 Å². The number of nitrogens with one attached hydrogen (secondary N) is 1. The van der Waals surface area contributed by atoms with Gasteiger partial charge in [0.2, 0.25) is 0 Å². The van der Waals surface area contributed by atoms with E-state index >= 15 is 0 Å². The van der Waals surface area contributed by atoms with Gasteiger partial charge in [-0.3, -0.25) is 0 Å². The lowest BCUT2D eigenvalue weighted by atomic mass is 10.2. The summed E-state index contributed by atoms with van der Waals surface area (Å²) in [6.45, 7) is 3.10. The fourth-order valence-corrected chi connectivity index (χ4v) is 2.04. The number of phenolic OH excluding ortho intramolecular Hbond substituents is 1. The molecule has 0 aliphatic carbocycles. The van der Waals surface area contributed by atoms with Crippen molar-refractivity contribution in [3.8, 4) is 5.75 Å². The number of para-hydroxylation sites is 1. The average Bonchev–Trinajstić information content (AvgIpc) is 2.35. The van der Waals surface area contributed by atoms with Crippen molar-refractivity contribution < 1.29 is 5.11 Å². The molecule has 4 nitrogen and oxygen atoms in total. The Kier molecular flexibility index (Phi) is 4.28. The first-order valence-corrected chi connectivity index (χ1v) is 6.41. The van der Waals surface area contributed by atoms with Gasteiger partial charge in [0.15, 0.2) is 0 Å². The third kappa shape index (κ3) is 3.27. The van der Waals surface area contributed by atoms with Gasteiger partial charge in [-0.25, -0.2) is 9.97 Å². The third-order valence-corrected chi connectivity index (χ3v) is 3.17. The Hall–Kier alpha value is -1.46. The molecule has 1 heterocycles. The minimum atomic E-state index is 0.281. The van der Waals surface area contributed by atoms with Crippen molar-refractivity contribution in [3.63, 3.8) is 0 Å². The van der Waals surface area contributed by atoms with Gasteiger partial charge in [-0.2, -0.15) is 0 Å². The first kappa shape index (κ1) is 13.0. The van der Waals surface area contributed by atoms with Crippen molar-refractivity contribution in [1.82, 2.24) is 15.3 Å². The van der Waals surface area contributed by atoms with Gasteiger partial charge in [0.25, 0.3) is 0 Å². The van der Waals surface area contributed by atoms with Gasteiger partial charge in [0, 0.05) is 24.8 Å². The van der Waals surface area contributed by atoms with Crippen LogP contribution in [0.3, 0.4) is 0 Å². The Morgan fingerprint density at radius 2 is 2.11 bits per heavy atom. The third-order valence-electron chi connectivity index (χ3n) is 2.53.